The van der Waals surface area contributed by atoms with Crippen LogP contribution in [0.1, 0.15) is 65.3 Å². The van der Waals surface area contributed by atoms with Crippen LogP contribution in [0.2, 0.25) is 0 Å². The number of rotatable bonds is 0. The summed E-state index contributed by atoms with van der Waals surface area (Å²) in [5, 5.41) is -1.50. The first-order valence-electron chi connectivity index (χ1n) is 2.68. The second kappa shape index (κ2) is 53.6. The van der Waals surface area contributed by atoms with E-state index in [1.165, 1.54) is 20.8 Å². The van der Waals surface area contributed by atoms with E-state index in [0.29, 0.717) is 0 Å². The largest absolute Gasteiger partial charge is 0.200 e. The second-order valence-electron chi connectivity index (χ2n) is 1.41. The summed E-state index contributed by atoms with van der Waals surface area (Å²) in [6.45, 7) is 3.69. The summed E-state index contributed by atoms with van der Waals surface area (Å²) in [6, 6.07) is 0. The van der Waals surface area contributed by atoms with Gasteiger partial charge in [0.2, 0.25) is 0 Å². The Morgan fingerprint density at radius 1 is 0.500 bits per heavy atom. The van der Waals surface area contributed by atoms with Gasteiger partial charge in [-0.25, -0.2) is 0 Å². The van der Waals surface area contributed by atoms with Crippen molar-refractivity contribution in [1.82, 2.24) is 0 Å². The van der Waals surface area contributed by atoms with Gasteiger partial charge in [0.25, 0.3) is 0 Å². The molecule has 0 unspecified atom stereocenters. The minimum atomic E-state index is -0.500. The van der Waals surface area contributed by atoms with E-state index in [1.54, 1.807) is 0 Å². The van der Waals surface area contributed by atoms with E-state index in [1.807, 2.05) is 0 Å². The van der Waals surface area contributed by atoms with Crippen LogP contribution >= 0.6 is 36.7 Å². The number of halogens is 3. The van der Waals surface area contributed by atoms with Gasteiger partial charge in [-0.05, 0) is 20.8 Å². The van der Waals surface area contributed by atoms with Crippen LogP contribution in [0.3, 0.4) is 0 Å². The molecule has 0 atom stereocenters. The van der Waals surface area contributed by atoms with Gasteiger partial charge in [-0.2, -0.15) is 13.2 Å². The van der Waals surface area contributed by atoms with Crippen molar-refractivity contribution in [3.8, 4) is 0 Å². The van der Waals surface area contributed by atoms with Crippen LogP contribution in [0.15, 0.2) is 0 Å². The van der Waals surface area contributed by atoms with Crippen LogP contribution in [0.5, 0.6) is 0 Å². The Kier molecular flexibility index (Phi) is 191. The fourth-order valence-electron chi connectivity index (χ4n) is 0. The molecule has 0 nitrogen and oxygen atoms in total. The summed E-state index contributed by atoms with van der Waals surface area (Å²) < 4.78 is 32.2. The highest BCUT2D eigenvalue weighted by atomic mass is 32.1. The quantitative estimate of drug-likeness (QED) is 0.329. The summed E-state index contributed by atoms with van der Waals surface area (Å²) in [7, 11) is 0. The first kappa shape index (κ1) is 64.0. The van der Waals surface area contributed by atoms with Gasteiger partial charge in [-0.15, -0.1) is 0 Å². The number of thiocarbonyl (C=S) groups is 3. The van der Waals surface area contributed by atoms with Crippen LogP contribution in [0.25, 0.3) is 0 Å². The number of hydrogen-bond donors (Lipinski definition) is 0. The van der Waals surface area contributed by atoms with E-state index in [2.05, 4.69) is 36.7 Å². The molecule has 0 radical (unpaired) electrons. The van der Waals surface area contributed by atoms with E-state index in [9.17, 15) is 13.2 Å². The predicted molar refractivity (Wildman–Crippen MR) is 98.5 cm³/mol. The maximum absolute atomic E-state index is 10.7. The molecular weight excluding hydrogens is 297 g/mol. The Bertz CT molecular complexity index is 120. The molecule has 0 amide bonds. The van der Waals surface area contributed by atoms with Crippen LogP contribution in [-0.4, -0.2) is 15.4 Å². The molecule has 0 aliphatic carbocycles. The van der Waals surface area contributed by atoms with Crippen molar-refractivity contribution in [3.05, 3.63) is 0 Å². The Morgan fingerprint density at radius 3 is 0.500 bits per heavy atom. The lowest BCUT2D eigenvalue weighted by Crippen LogP contribution is -1.58. The molecule has 0 N–H and O–H groups in total. The summed E-state index contributed by atoms with van der Waals surface area (Å²) in [4.78, 5) is 0. The van der Waals surface area contributed by atoms with E-state index in [-0.39, 0.29) is 44.6 Å². The highest BCUT2D eigenvalue weighted by molar-refractivity contribution is 7.80. The molecular formula is C12H33F3S3. The van der Waals surface area contributed by atoms with Gasteiger partial charge in [0, 0.05) is 0 Å². The zero-order valence-corrected chi connectivity index (χ0v) is 9.31. The molecule has 0 aliphatic rings. The first-order valence-corrected chi connectivity index (χ1v) is 3.90. The molecule has 0 bridgehead atoms. The summed E-state index contributed by atoms with van der Waals surface area (Å²) in [5.74, 6) is 0. The Hall–Kier alpha value is 0.0600. The van der Waals surface area contributed by atoms with Crippen LogP contribution in [0.4, 0.5) is 13.2 Å². The van der Waals surface area contributed by atoms with Crippen molar-refractivity contribution >= 4 is 52.0 Å². The zero-order valence-electron chi connectivity index (χ0n) is 6.86. The van der Waals surface area contributed by atoms with Crippen molar-refractivity contribution < 1.29 is 13.2 Å². The summed E-state index contributed by atoms with van der Waals surface area (Å²) >= 11 is 11.6. The van der Waals surface area contributed by atoms with Crippen molar-refractivity contribution in [2.24, 2.45) is 0 Å². The van der Waals surface area contributed by atoms with E-state index in [4.69, 9.17) is 0 Å². The van der Waals surface area contributed by atoms with Crippen molar-refractivity contribution in [2.75, 3.05) is 0 Å². The average Bonchev–Trinajstić information content (AvgIpc) is 1.54. The third-order valence-corrected chi connectivity index (χ3v) is 0. The lowest BCUT2D eigenvalue weighted by Gasteiger charge is -1.55. The topological polar surface area (TPSA) is 0 Å². The molecule has 0 spiro atoms. The average molecular weight is 331 g/mol. The van der Waals surface area contributed by atoms with Gasteiger partial charge >= 0.3 is 0 Å². The maximum atomic E-state index is 10.7. The highest BCUT2D eigenvalue weighted by Gasteiger charge is 1.63. The highest BCUT2D eigenvalue weighted by Crippen LogP contribution is 1.68. The van der Waals surface area contributed by atoms with E-state index >= 15 is 0 Å². The van der Waals surface area contributed by atoms with Crippen molar-refractivity contribution in [2.45, 2.75) is 65.3 Å². The fraction of sp³-hybridized carbons (Fsp3) is 0.750. The van der Waals surface area contributed by atoms with Gasteiger partial charge in [-0.1, -0.05) is 81.2 Å². The normalized spacial score (nSPS) is 4.33. The van der Waals surface area contributed by atoms with Crippen LogP contribution in [-0.2, 0) is 0 Å². The van der Waals surface area contributed by atoms with Crippen molar-refractivity contribution in [3.63, 3.8) is 0 Å². The molecule has 18 heavy (non-hydrogen) atoms. The Balaban J connectivity index is -0.00000000827. The minimum Gasteiger partial charge on any atom is -0.200 e. The predicted octanol–water partition coefficient (Wildman–Crippen LogP) is 7.73. The molecule has 0 heterocycles. The van der Waals surface area contributed by atoms with Gasteiger partial charge in [-0.3, -0.25) is 0 Å². The summed E-state index contributed by atoms with van der Waals surface area (Å²) in [5.41, 5.74) is 0. The lowest BCUT2D eigenvalue weighted by molar-refractivity contribution is 0.823. The van der Waals surface area contributed by atoms with Crippen LogP contribution in [0, 0.1) is 0 Å². The molecule has 0 aromatic carbocycles. The molecule has 0 fully saturated rings. The third-order valence-electron chi connectivity index (χ3n) is 0. The molecule has 120 valence electrons. The van der Waals surface area contributed by atoms with E-state index < -0.39 is 15.4 Å². The molecule has 0 aromatic heterocycles. The van der Waals surface area contributed by atoms with Crippen LogP contribution < -0.4 is 0 Å². The molecule has 6 heteroatoms. The molecule has 0 saturated carbocycles. The third kappa shape index (κ3) is 1010000. The lowest BCUT2D eigenvalue weighted by atomic mass is 10.9. The zero-order chi connectivity index (χ0) is 10.7. The molecule has 0 aromatic rings. The molecule has 0 aliphatic heterocycles. The van der Waals surface area contributed by atoms with E-state index in [0.717, 1.165) is 0 Å². The Labute approximate surface area is 130 Å². The number of hydrogen-bond acceptors (Lipinski definition) is 3. The Morgan fingerprint density at radius 2 is 0.500 bits per heavy atom. The second-order valence-corrected chi connectivity index (χ2v) is 3.10. The molecule has 0 saturated heterocycles. The smallest absolute Gasteiger partial charge is 0.159 e. The van der Waals surface area contributed by atoms with Gasteiger partial charge in [0.1, 0.15) is 0 Å². The molecule has 0 rings (SSSR count). The van der Waals surface area contributed by atoms with Gasteiger partial charge in [0.05, 0.1) is 0 Å². The van der Waals surface area contributed by atoms with Crippen molar-refractivity contribution in [1.29, 1.82) is 0 Å². The summed E-state index contributed by atoms with van der Waals surface area (Å²) in [6.07, 6.45) is 0. The standard InChI is InChI=1S/3C2H3FS.6CH4/c3*1-2(3)4;;;;;;/h3*1H3;6*1H4. The van der Waals surface area contributed by atoms with Gasteiger partial charge in [0.15, 0.2) is 15.4 Å². The SMILES string of the molecule is C.C.C.C.C.C.CC(F)=S.CC(F)=S.CC(F)=S. The fourth-order valence-corrected chi connectivity index (χ4v) is 0. The monoisotopic (exact) mass is 330 g/mol. The maximum Gasteiger partial charge on any atom is 0.159 e. The van der Waals surface area contributed by atoms with Gasteiger partial charge < -0.3 is 0 Å². The first-order chi connectivity index (χ1) is 5.20. The minimum absolute atomic E-state index is 0.